The van der Waals surface area contributed by atoms with Crippen LogP contribution < -0.4 is 11.2 Å². The Morgan fingerprint density at radius 1 is 1.25 bits per heavy atom. The van der Waals surface area contributed by atoms with E-state index in [1.165, 1.54) is 17.9 Å². The van der Waals surface area contributed by atoms with Crippen LogP contribution in [0.2, 0.25) is 0 Å². The number of aryl methyl sites for hydroxylation is 1. The summed E-state index contributed by atoms with van der Waals surface area (Å²) >= 11 is 0. The van der Waals surface area contributed by atoms with E-state index in [0.717, 1.165) is 24.0 Å². The summed E-state index contributed by atoms with van der Waals surface area (Å²) in [6, 6.07) is -0.472. The van der Waals surface area contributed by atoms with Crippen LogP contribution in [0.3, 0.4) is 0 Å². The van der Waals surface area contributed by atoms with Crippen molar-refractivity contribution in [2.75, 3.05) is 13.1 Å². The average Bonchev–Trinajstić information content (AvgIpc) is 3.00. The SMILES string of the molecule is Cn1c(=O)c2c(ncn2CCN2CCCCC2C(=O)O)n(C)c1=O. The van der Waals surface area contributed by atoms with Gasteiger partial charge < -0.3 is 9.67 Å². The minimum absolute atomic E-state index is 0.344. The molecule has 3 rings (SSSR count). The highest BCUT2D eigenvalue weighted by Gasteiger charge is 2.28. The highest BCUT2D eigenvalue weighted by molar-refractivity contribution is 5.73. The topological polar surface area (TPSA) is 102 Å². The van der Waals surface area contributed by atoms with E-state index in [4.69, 9.17) is 0 Å². The molecule has 3 heterocycles. The third kappa shape index (κ3) is 2.64. The number of nitrogens with zero attached hydrogens (tertiary/aromatic N) is 5. The van der Waals surface area contributed by atoms with Crippen LogP contribution in [-0.2, 0) is 25.4 Å². The number of carboxylic acid groups (broad SMARTS) is 1. The lowest BCUT2D eigenvalue weighted by Crippen LogP contribution is -2.46. The molecule has 0 bridgehead atoms. The third-order valence-corrected chi connectivity index (χ3v) is 4.74. The largest absolute Gasteiger partial charge is 0.480 e. The maximum absolute atomic E-state index is 12.4. The van der Waals surface area contributed by atoms with Crippen molar-refractivity contribution in [2.24, 2.45) is 14.1 Å². The number of hydrogen-bond donors (Lipinski definition) is 1. The van der Waals surface area contributed by atoms with Crippen molar-refractivity contribution in [1.82, 2.24) is 23.6 Å². The summed E-state index contributed by atoms with van der Waals surface area (Å²) < 4.78 is 4.10. The van der Waals surface area contributed by atoms with Gasteiger partial charge in [0.2, 0.25) is 0 Å². The van der Waals surface area contributed by atoms with Gasteiger partial charge in [0.1, 0.15) is 6.04 Å². The Morgan fingerprint density at radius 2 is 2.00 bits per heavy atom. The molecule has 2 aromatic rings. The maximum atomic E-state index is 12.4. The average molecular weight is 335 g/mol. The molecule has 0 radical (unpaired) electrons. The molecule has 9 heteroatoms. The van der Waals surface area contributed by atoms with Gasteiger partial charge in [-0.05, 0) is 19.4 Å². The Morgan fingerprint density at radius 3 is 2.71 bits per heavy atom. The molecule has 0 amide bonds. The van der Waals surface area contributed by atoms with E-state index in [0.29, 0.717) is 30.7 Å². The zero-order chi connectivity index (χ0) is 17.4. The van der Waals surface area contributed by atoms with Crippen LogP contribution >= 0.6 is 0 Å². The number of likely N-dealkylation sites (tertiary alicyclic amines) is 1. The van der Waals surface area contributed by atoms with Gasteiger partial charge in [0.15, 0.2) is 11.2 Å². The molecule has 1 unspecified atom stereocenters. The summed E-state index contributed by atoms with van der Waals surface area (Å²) in [6.45, 7) is 1.71. The fourth-order valence-electron chi connectivity index (χ4n) is 3.34. The quantitative estimate of drug-likeness (QED) is 0.798. The molecule has 2 aromatic heterocycles. The highest BCUT2D eigenvalue weighted by atomic mass is 16.4. The molecule has 1 N–H and O–H groups in total. The second-order valence-electron chi connectivity index (χ2n) is 6.20. The number of hydrogen-bond acceptors (Lipinski definition) is 5. The van der Waals surface area contributed by atoms with Crippen molar-refractivity contribution in [2.45, 2.75) is 31.8 Å². The molecule has 0 aliphatic carbocycles. The van der Waals surface area contributed by atoms with Crippen molar-refractivity contribution < 1.29 is 9.90 Å². The van der Waals surface area contributed by atoms with Crippen LogP contribution in [0.25, 0.3) is 11.2 Å². The van der Waals surface area contributed by atoms with Crippen molar-refractivity contribution in [1.29, 1.82) is 0 Å². The third-order valence-electron chi connectivity index (χ3n) is 4.74. The molecule has 1 aliphatic heterocycles. The van der Waals surface area contributed by atoms with Gasteiger partial charge in [-0.1, -0.05) is 6.42 Å². The van der Waals surface area contributed by atoms with Crippen molar-refractivity contribution in [3.63, 3.8) is 0 Å². The van der Waals surface area contributed by atoms with Gasteiger partial charge in [-0.2, -0.15) is 0 Å². The summed E-state index contributed by atoms with van der Waals surface area (Å²) in [5, 5.41) is 9.33. The number of imidazole rings is 1. The van der Waals surface area contributed by atoms with Crippen LogP contribution in [0.15, 0.2) is 15.9 Å². The first kappa shape index (κ1) is 16.4. The van der Waals surface area contributed by atoms with Gasteiger partial charge in [0.25, 0.3) is 5.56 Å². The fourth-order valence-corrected chi connectivity index (χ4v) is 3.34. The number of aliphatic carboxylic acids is 1. The summed E-state index contributed by atoms with van der Waals surface area (Å²) in [4.78, 5) is 41.8. The molecule has 1 fully saturated rings. The lowest BCUT2D eigenvalue weighted by Gasteiger charge is -2.32. The smallest absolute Gasteiger partial charge is 0.332 e. The number of rotatable bonds is 4. The molecule has 9 nitrogen and oxygen atoms in total. The lowest BCUT2D eigenvalue weighted by atomic mass is 10.0. The number of carbonyl (C=O) groups is 1. The Kier molecular flexibility index (Phi) is 4.27. The molecular formula is C15H21N5O4. The maximum Gasteiger partial charge on any atom is 0.332 e. The normalized spacial score (nSPS) is 19.0. The number of piperidine rings is 1. The first-order valence-electron chi connectivity index (χ1n) is 7.99. The summed E-state index contributed by atoms with van der Waals surface area (Å²) in [6.07, 6.45) is 4.08. The van der Waals surface area contributed by atoms with Crippen LogP contribution in [0, 0.1) is 0 Å². The summed E-state index contributed by atoms with van der Waals surface area (Å²) in [5.74, 6) is -0.802. The van der Waals surface area contributed by atoms with Crippen molar-refractivity contribution in [3.05, 3.63) is 27.2 Å². The minimum Gasteiger partial charge on any atom is -0.480 e. The zero-order valence-corrected chi connectivity index (χ0v) is 13.8. The van der Waals surface area contributed by atoms with Gasteiger partial charge in [-0.3, -0.25) is 23.6 Å². The van der Waals surface area contributed by atoms with E-state index >= 15 is 0 Å². The molecule has 0 aromatic carbocycles. The number of fused-ring (bicyclic) bond motifs is 1. The Hall–Kier alpha value is -2.42. The van der Waals surface area contributed by atoms with Gasteiger partial charge in [-0.25, -0.2) is 9.78 Å². The van der Waals surface area contributed by atoms with Crippen molar-refractivity contribution >= 4 is 17.1 Å². The second-order valence-corrected chi connectivity index (χ2v) is 6.20. The van der Waals surface area contributed by atoms with Gasteiger partial charge in [0.05, 0.1) is 6.33 Å². The molecule has 24 heavy (non-hydrogen) atoms. The van der Waals surface area contributed by atoms with Crippen LogP contribution in [0.1, 0.15) is 19.3 Å². The van der Waals surface area contributed by atoms with Crippen molar-refractivity contribution in [3.8, 4) is 0 Å². The standard InChI is InChI=1S/C15H21N5O4/c1-17-12-11(13(21)18(2)15(17)24)20(9-16-12)8-7-19-6-4-3-5-10(19)14(22)23/h9-10H,3-8H2,1-2H3,(H,22,23). The first-order valence-corrected chi connectivity index (χ1v) is 7.99. The Bertz CT molecular complexity index is 894. The monoisotopic (exact) mass is 335 g/mol. The number of aromatic nitrogens is 4. The Balaban J connectivity index is 1.90. The second kappa shape index (κ2) is 6.23. The zero-order valence-electron chi connectivity index (χ0n) is 13.8. The van der Waals surface area contributed by atoms with E-state index in [1.54, 1.807) is 11.6 Å². The summed E-state index contributed by atoms with van der Waals surface area (Å²) in [5.41, 5.74) is -0.0984. The predicted octanol–water partition coefficient (Wildman–Crippen LogP) is -0.627. The number of carboxylic acids is 1. The molecule has 1 saturated heterocycles. The van der Waals surface area contributed by atoms with Crippen LogP contribution in [-0.4, -0.2) is 53.8 Å². The molecule has 0 saturated carbocycles. The van der Waals surface area contributed by atoms with E-state index in [9.17, 15) is 19.5 Å². The molecule has 1 aliphatic rings. The lowest BCUT2D eigenvalue weighted by molar-refractivity contribution is -0.144. The van der Waals surface area contributed by atoms with Gasteiger partial charge in [0, 0.05) is 27.2 Å². The fraction of sp³-hybridized carbons (Fsp3) is 0.600. The molecule has 130 valence electrons. The molecule has 1 atom stereocenters. The van der Waals surface area contributed by atoms with Gasteiger partial charge in [-0.15, -0.1) is 0 Å². The van der Waals surface area contributed by atoms with E-state index < -0.39 is 17.7 Å². The van der Waals surface area contributed by atoms with E-state index in [-0.39, 0.29) is 5.56 Å². The van der Waals surface area contributed by atoms with Crippen LogP contribution in [0.4, 0.5) is 0 Å². The van der Waals surface area contributed by atoms with E-state index in [1.807, 2.05) is 4.90 Å². The minimum atomic E-state index is -0.802. The summed E-state index contributed by atoms with van der Waals surface area (Å²) in [7, 11) is 3.01. The van der Waals surface area contributed by atoms with Crippen LogP contribution in [0.5, 0.6) is 0 Å². The molecule has 0 spiro atoms. The highest BCUT2D eigenvalue weighted by Crippen LogP contribution is 2.17. The first-order chi connectivity index (χ1) is 11.4. The predicted molar refractivity (Wildman–Crippen MR) is 87.1 cm³/mol. The molecular weight excluding hydrogens is 314 g/mol. The van der Waals surface area contributed by atoms with E-state index in [2.05, 4.69) is 4.98 Å². The Labute approximate surface area is 137 Å². The van der Waals surface area contributed by atoms with Gasteiger partial charge >= 0.3 is 11.7 Å².